The molecule has 0 fully saturated rings. The second-order valence-electron chi connectivity index (χ2n) is 3.91. The van der Waals surface area contributed by atoms with E-state index in [0.29, 0.717) is 0 Å². The van der Waals surface area contributed by atoms with E-state index < -0.39 is 0 Å². The number of hydrogen-bond donors (Lipinski definition) is 1. The van der Waals surface area contributed by atoms with Crippen molar-refractivity contribution in [3.63, 3.8) is 0 Å². The van der Waals surface area contributed by atoms with Crippen LogP contribution in [0.1, 0.15) is 5.82 Å². The highest BCUT2D eigenvalue weighted by atomic mass is 16.3. The summed E-state index contributed by atoms with van der Waals surface area (Å²) in [7, 11) is 0. The molecule has 84 valence electrons. The van der Waals surface area contributed by atoms with Crippen LogP contribution in [0.4, 0.5) is 0 Å². The minimum absolute atomic E-state index is 0.262. The van der Waals surface area contributed by atoms with Gasteiger partial charge in [-0.15, -0.1) is 10.2 Å². The van der Waals surface area contributed by atoms with Crippen LogP contribution in [0.25, 0.3) is 16.8 Å². The average molecular weight is 225 g/mol. The molecule has 0 radical (unpaired) electrons. The van der Waals surface area contributed by atoms with Crippen molar-refractivity contribution in [1.29, 1.82) is 0 Å². The predicted octanol–water partition coefficient (Wildman–Crippen LogP) is 2.41. The van der Waals surface area contributed by atoms with Gasteiger partial charge in [-0.25, -0.2) is 0 Å². The zero-order valence-corrected chi connectivity index (χ0v) is 9.33. The summed E-state index contributed by atoms with van der Waals surface area (Å²) in [5, 5.41) is 17.5. The van der Waals surface area contributed by atoms with Crippen LogP contribution in [-0.2, 0) is 0 Å². The van der Waals surface area contributed by atoms with Gasteiger partial charge in [0.25, 0.3) is 0 Å². The lowest BCUT2D eigenvalue weighted by Crippen LogP contribution is -1.89. The third-order valence-electron chi connectivity index (χ3n) is 2.78. The fourth-order valence-corrected chi connectivity index (χ4v) is 1.90. The maximum absolute atomic E-state index is 9.29. The van der Waals surface area contributed by atoms with Crippen molar-refractivity contribution >= 4 is 5.65 Å². The largest absolute Gasteiger partial charge is 0.508 e. The van der Waals surface area contributed by atoms with Crippen LogP contribution in [0.5, 0.6) is 5.75 Å². The summed E-state index contributed by atoms with van der Waals surface area (Å²) in [4.78, 5) is 0. The van der Waals surface area contributed by atoms with Crippen molar-refractivity contribution in [2.75, 3.05) is 0 Å². The van der Waals surface area contributed by atoms with Gasteiger partial charge in [-0.2, -0.15) is 0 Å². The Hall–Kier alpha value is -2.36. The molecule has 4 nitrogen and oxygen atoms in total. The lowest BCUT2D eigenvalue weighted by molar-refractivity contribution is 0.475. The topological polar surface area (TPSA) is 50.4 Å². The van der Waals surface area contributed by atoms with Gasteiger partial charge in [-0.3, -0.25) is 4.40 Å². The number of hydrogen-bond acceptors (Lipinski definition) is 3. The van der Waals surface area contributed by atoms with E-state index in [1.807, 2.05) is 41.8 Å². The maximum atomic E-state index is 9.29. The van der Waals surface area contributed by atoms with E-state index >= 15 is 0 Å². The smallest absolute Gasteiger partial charge is 0.168 e. The molecule has 0 saturated heterocycles. The van der Waals surface area contributed by atoms with E-state index in [0.717, 1.165) is 22.6 Å². The monoisotopic (exact) mass is 225 g/mol. The lowest BCUT2D eigenvalue weighted by Gasteiger charge is -2.03. The fraction of sp³-hybridized carbons (Fsp3) is 0.0769. The van der Waals surface area contributed by atoms with E-state index in [2.05, 4.69) is 10.2 Å². The number of aryl methyl sites for hydroxylation is 1. The Balaban J connectivity index is 2.26. The Morgan fingerprint density at radius 1 is 1.06 bits per heavy atom. The van der Waals surface area contributed by atoms with Crippen LogP contribution >= 0.6 is 0 Å². The van der Waals surface area contributed by atoms with Gasteiger partial charge >= 0.3 is 0 Å². The number of aromatic nitrogens is 3. The molecule has 0 amide bonds. The summed E-state index contributed by atoms with van der Waals surface area (Å²) in [5.74, 6) is 1.12. The molecule has 2 aromatic heterocycles. The van der Waals surface area contributed by atoms with E-state index in [-0.39, 0.29) is 5.75 Å². The summed E-state index contributed by atoms with van der Waals surface area (Å²) in [6.45, 7) is 1.92. The molecule has 3 aromatic rings. The van der Waals surface area contributed by atoms with Gasteiger partial charge in [0.15, 0.2) is 5.65 Å². The van der Waals surface area contributed by atoms with Crippen LogP contribution in [0, 0.1) is 6.92 Å². The van der Waals surface area contributed by atoms with Gasteiger partial charge in [0.1, 0.15) is 11.6 Å². The minimum Gasteiger partial charge on any atom is -0.508 e. The van der Waals surface area contributed by atoms with Crippen molar-refractivity contribution in [3.8, 4) is 16.9 Å². The van der Waals surface area contributed by atoms with E-state index in [4.69, 9.17) is 0 Å². The van der Waals surface area contributed by atoms with Crippen molar-refractivity contribution in [3.05, 3.63) is 48.4 Å². The average Bonchev–Trinajstić information content (AvgIpc) is 2.73. The first-order valence-corrected chi connectivity index (χ1v) is 5.35. The van der Waals surface area contributed by atoms with Gasteiger partial charge < -0.3 is 5.11 Å². The van der Waals surface area contributed by atoms with Gasteiger partial charge in [0, 0.05) is 11.8 Å². The van der Waals surface area contributed by atoms with E-state index in [1.54, 1.807) is 12.1 Å². The minimum atomic E-state index is 0.262. The standard InChI is InChI=1S/C13H11N3O/c1-9-14-15-13-12(3-2-8-16(9)13)10-4-6-11(17)7-5-10/h2-8,17H,1H3. The Labute approximate surface area is 98.2 Å². The maximum Gasteiger partial charge on any atom is 0.168 e. The Morgan fingerprint density at radius 3 is 2.59 bits per heavy atom. The molecule has 0 atom stereocenters. The second kappa shape index (κ2) is 3.59. The van der Waals surface area contributed by atoms with Crippen LogP contribution < -0.4 is 0 Å². The number of nitrogens with zero attached hydrogens (tertiary/aromatic N) is 3. The van der Waals surface area contributed by atoms with Crippen molar-refractivity contribution in [1.82, 2.24) is 14.6 Å². The first kappa shape index (κ1) is 9.84. The highest BCUT2D eigenvalue weighted by Gasteiger charge is 2.07. The van der Waals surface area contributed by atoms with Crippen LogP contribution in [-0.4, -0.2) is 19.7 Å². The van der Waals surface area contributed by atoms with Crippen molar-refractivity contribution < 1.29 is 5.11 Å². The predicted molar refractivity (Wildman–Crippen MR) is 64.8 cm³/mol. The molecule has 17 heavy (non-hydrogen) atoms. The van der Waals surface area contributed by atoms with Gasteiger partial charge in [0.2, 0.25) is 0 Å². The third-order valence-corrected chi connectivity index (χ3v) is 2.78. The summed E-state index contributed by atoms with van der Waals surface area (Å²) >= 11 is 0. The zero-order chi connectivity index (χ0) is 11.8. The number of phenols is 1. The molecule has 3 rings (SSSR count). The molecule has 0 spiro atoms. The second-order valence-corrected chi connectivity index (χ2v) is 3.91. The quantitative estimate of drug-likeness (QED) is 0.691. The van der Waals surface area contributed by atoms with Crippen LogP contribution in [0.15, 0.2) is 42.6 Å². The molecule has 1 aromatic carbocycles. The summed E-state index contributed by atoms with van der Waals surface area (Å²) in [6, 6.07) is 11.0. The summed E-state index contributed by atoms with van der Waals surface area (Å²) < 4.78 is 1.95. The number of aromatic hydroxyl groups is 1. The molecule has 0 aliphatic carbocycles. The molecule has 0 aliphatic rings. The number of phenolic OH excluding ortho intramolecular Hbond substituents is 1. The molecular formula is C13H11N3O. The Kier molecular flexibility index (Phi) is 2.08. The number of pyridine rings is 1. The number of fused-ring (bicyclic) bond motifs is 1. The van der Waals surface area contributed by atoms with E-state index in [9.17, 15) is 5.11 Å². The van der Waals surface area contributed by atoms with Gasteiger partial charge in [-0.05, 0) is 36.8 Å². The molecule has 4 heteroatoms. The van der Waals surface area contributed by atoms with Crippen LogP contribution in [0.3, 0.4) is 0 Å². The van der Waals surface area contributed by atoms with Crippen molar-refractivity contribution in [2.45, 2.75) is 6.92 Å². The molecule has 2 heterocycles. The third kappa shape index (κ3) is 1.54. The fourth-order valence-electron chi connectivity index (χ4n) is 1.90. The Bertz CT molecular complexity index is 671. The SMILES string of the molecule is Cc1nnc2c(-c3ccc(O)cc3)cccn12. The van der Waals surface area contributed by atoms with Gasteiger partial charge in [0.05, 0.1) is 0 Å². The lowest BCUT2D eigenvalue weighted by atomic mass is 10.1. The Morgan fingerprint density at radius 2 is 1.82 bits per heavy atom. The highest BCUT2D eigenvalue weighted by molar-refractivity contribution is 5.77. The van der Waals surface area contributed by atoms with Gasteiger partial charge in [-0.1, -0.05) is 12.1 Å². The van der Waals surface area contributed by atoms with E-state index in [1.165, 1.54) is 0 Å². The zero-order valence-electron chi connectivity index (χ0n) is 9.33. The first-order chi connectivity index (χ1) is 8.25. The number of benzene rings is 1. The molecule has 0 aliphatic heterocycles. The summed E-state index contributed by atoms with van der Waals surface area (Å²) in [5.41, 5.74) is 2.85. The first-order valence-electron chi connectivity index (χ1n) is 5.35. The molecular weight excluding hydrogens is 214 g/mol. The van der Waals surface area contributed by atoms with Crippen molar-refractivity contribution in [2.24, 2.45) is 0 Å². The highest BCUT2D eigenvalue weighted by Crippen LogP contribution is 2.25. The van der Waals surface area contributed by atoms with Crippen LogP contribution in [0.2, 0.25) is 0 Å². The molecule has 0 saturated carbocycles. The molecule has 0 unspecified atom stereocenters. The summed E-state index contributed by atoms with van der Waals surface area (Å²) in [6.07, 6.45) is 1.94. The normalized spacial score (nSPS) is 10.9. The number of rotatable bonds is 1. The molecule has 0 bridgehead atoms. The molecule has 1 N–H and O–H groups in total.